The zero-order valence-electron chi connectivity index (χ0n) is 15.3. The van der Waals surface area contributed by atoms with Gasteiger partial charge in [0.25, 0.3) is 0 Å². The fourth-order valence-corrected chi connectivity index (χ4v) is 2.31. The van der Waals surface area contributed by atoms with E-state index in [1.807, 2.05) is 13.8 Å². The standard InChI is InChI=1S/C17H30N2.C2H6/c1-15(2)9-8-12-18(4)13-14-19(5)17-11-7-6-10-16(17)3;1-2/h6-7,10-11,15H,8-9,12-14H2,1-5H3;1-2H3. The van der Waals surface area contributed by atoms with E-state index in [0.717, 1.165) is 19.0 Å². The molecule has 0 saturated heterocycles. The Labute approximate surface area is 133 Å². The van der Waals surface area contributed by atoms with Gasteiger partial charge in [0.05, 0.1) is 0 Å². The Balaban J connectivity index is 0.00000191. The number of likely N-dealkylation sites (N-methyl/N-ethyl adjacent to an activating group) is 2. The average molecular weight is 293 g/mol. The first kappa shape index (κ1) is 20.0. The number of aryl methyl sites for hydroxylation is 1. The summed E-state index contributed by atoms with van der Waals surface area (Å²) in [6, 6.07) is 8.60. The van der Waals surface area contributed by atoms with Crippen LogP contribution in [0.15, 0.2) is 24.3 Å². The Hall–Kier alpha value is -1.02. The van der Waals surface area contributed by atoms with E-state index in [1.54, 1.807) is 0 Å². The van der Waals surface area contributed by atoms with Crippen molar-refractivity contribution >= 4 is 5.69 Å². The van der Waals surface area contributed by atoms with E-state index in [9.17, 15) is 0 Å². The molecule has 0 aliphatic rings. The van der Waals surface area contributed by atoms with E-state index >= 15 is 0 Å². The van der Waals surface area contributed by atoms with Crippen molar-refractivity contribution in [3.63, 3.8) is 0 Å². The van der Waals surface area contributed by atoms with Crippen LogP contribution in [-0.2, 0) is 0 Å². The van der Waals surface area contributed by atoms with Gasteiger partial charge in [0.2, 0.25) is 0 Å². The van der Waals surface area contributed by atoms with Crippen LogP contribution in [0.5, 0.6) is 0 Å². The molecule has 0 bridgehead atoms. The van der Waals surface area contributed by atoms with Crippen LogP contribution in [0.3, 0.4) is 0 Å². The number of nitrogens with zero attached hydrogens (tertiary/aromatic N) is 2. The van der Waals surface area contributed by atoms with Crippen LogP contribution in [0.25, 0.3) is 0 Å². The zero-order chi connectivity index (χ0) is 16.3. The van der Waals surface area contributed by atoms with Crippen LogP contribution >= 0.6 is 0 Å². The Morgan fingerprint density at radius 3 is 2.14 bits per heavy atom. The zero-order valence-corrected chi connectivity index (χ0v) is 15.3. The molecule has 0 aliphatic heterocycles. The molecule has 0 N–H and O–H groups in total. The number of para-hydroxylation sites is 1. The monoisotopic (exact) mass is 292 g/mol. The van der Waals surface area contributed by atoms with E-state index in [2.05, 4.69) is 68.9 Å². The third-order valence-electron chi connectivity index (χ3n) is 3.67. The second kappa shape index (κ2) is 11.6. The van der Waals surface area contributed by atoms with Crippen molar-refractivity contribution in [2.24, 2.45) is 5.92 Å². The number of hydrogen-bond acceptors (Lipinski definition) is 2. The molecule has 1 aromatic carbocycles. The van der Waals surface area contributed by atoms with Gasteiger partial charge < -0.3 is 9.80 Å². The van der Waals surface area contributed by atoms with E-state index < -0.39 is 0 Å². The summed E-state index contributed by atoms with van der Waals surface area (Å²) < 4.78 is 0. The highest BCUT2D eigenvalue weighted by Crippen LogP contribution is 2.17. The van der Waals surface area contributed by atoms with E-state index in [0.29, 0.717) is 0 Å². The number of benzene rings is 1. The quantitative estimate of drug-likeness (QED) is 0.677. The van der Waals surface area contributed by atoms with Crippen LogP contribution in [0.1, 0.15) is 46.1 Å². The minimum absolute atomic E-state index is 0.822. The summed E-state index contributed by atoms with van der Waals surface area (Å²) in [6.45, 7) is 14.2. The van der Waals surface area contributed by atoms with Gasteiger partial charge in [-0.15, -0.1) is 0 Å². The lowest BCUT2D eigenvalue weighted by atomic mass is 10.1. The molecule has 1 rings (SSSR count). The molecule has 1 aromatic rings. The summed E-state index contributed by atoms with van der Waals surface area (Å²) >= 11 is 0. The van der Waals surface area contributed by atoms with Crippen LogP contribution in [0, 0.1) is 12.8 Å². The summed E-state index contributed by atoms with van der Waals surface area (Å²) in [5.41, 5.74) is 2.70. The molecule has 2 nitrogen and oxygen atoms in total. The maximum Gasteiger partial charge on any atom is 0.0393 e. The van der Waals surface area contributed by atoms with Gasteiger partial charge in [-0.3, -0.25) is 0 Å². The molecule has 0 aromatic heterocycles. The van der Waals surface area contributed by atoms with Gasteiger partial charge in [-0.1, -0.05) is 45.9 Å². The van der Waals surface area contributed by atoms with Crippen molar-refractivity contribution in [1.82, 2.24) is 4.90 Å². The van der Waals surface area contributed by atoms with Crippen molar-refractivity contribution in [3.05, 3.63) is 29.8 Å². The molecule has 21 heavy (non-hydrogen) atoms. The smallest absolute Gasteiger partial charge is 0.0393 e. The van der Waals surface area contributed by atoms with Gasteiger partial charge in [-0.2, -0.15) is 0 Å². The predicted octanol–water partition coefficient (Wildman–Crippen LogP) is 4.83. The van der Waals surface area contributed by atoms with E-state index in [4.69, 9.17) is 0 Å². The summed E-state index contributed by atoms with van der Waals surface area (Å²) in [5, 5.41) is 0. The number of hydrogen-bond donors (Lipinski definition) is 0. The van der Waals surface area contributed by atoms with Crippen molar-refractivity contribution in [1.29, 1.82) is 0 Å². The van der Waals surface area contributed by atoms with Crippen molar-refractivity contribution < 1.29 is 0 Å². The lowest BCUT2D eigenvalue weighted by Gasteiger charge is -2.25. The molecule has 0 saturated carbocycles. The highest BCUT2D eigenvalue weighted by Gasteiger charge is 2.05. The highest BCUT2D eigenvalue weighted by atomic mass is 15.2. The Bertz CT molecular complexity index is 360. The van der Waals surface area contributed by atoms with Gasteiger partial charge in [-0.25, -0.2) is 0 Å². The molecule has 122 valence electrons. The van der Waals surface area contributed by atoms with Crippen LogP contribution in [-0.4, -0.2) is 38.6 Å². The van der Waals surface area contributed by atoms with Crippen LogP contribution < -0.4 is 4.90 Å². The van der Waals surface area contributed by atoms with E-state index in [1.165, 1.54) is 30.6 Å². The Kier molecular flexibility index (Phi) is 11.1. The van der Waals surface area contributed by atoms with Crippen molar-refractivity contribution in [2.75, 3.05) is 38.6 Å². The van der Waals surface area contributed by atoms with Gasteiger partial charge in [-0.05, 0) is 50.9 Å². The maximum absolute atomic E-state index is 2.44. The summed E-state index contributed by atoms with van der Waals surface area (Å²) in [7, 11) is 4.41. The highest BCUT2D eigenvalue weighted by molar-refractivity contribution is 5.52. The summed E-state index contributed by atoms with van der Waals surface area (Å²) in [5.74, 6) is 0.822. The number of rotatable bonds is 8. The lowest BCUT2D eigenvalue weighted by molar-refractivity contribution is 0.324. The molecule has 2 heteroatoms. The third kappa shape index (κ3) is 8.77. The normalized spacial score (nSPS) is 10.5. The molecular formula is C19H36N2. The Morgan fingerprint density at radius 2 is 1.57 bits per heavy atom. The largest absolute Gasteiger partial charge is 0.373 e. The minimum Gasteiger partial charge on any atom is -0.373 e. The van der Waals surface area contributed by atoms with Gasteiger partial charge in [0, 0.05) is 25.8 Å². The molecular weight excluding hydrogens is 256 g/mol. The second-order valence-electron chi connectivity index (χ2n) is 6.05. The topological polar surface area (TPSA) is 6.48 Å². The summed E-state index contributed by atoms with van der Waals surface area (Å²) in [6.07, 6.45) is 2.64. The van der Waals surface area contributed by atoms with Crippen LogP contribution in [0.2, 0.25) is 0 Å². The molecule has 0 amide bonds. The SMILES string of the molecule is CC.Cc1ccccc1N(C)CCN(C)CCCC(C)C. The average Bonchev–Trinajstić information content (AvgIpc) is 2.47. The van der Waals surface area contributed by atoms with Gasteiger partial charge in [0.15, 0.2) is 0 Å². The fourth-order valence-electron chi connectivity index (χ4n) is 2.31. The predicted molar refractivity (Wildman–Crippen MR) is 97.4 cm³/mol. The molecule has 0 atom stereocenters. The molecule has 0 radical (unpaired) electrons. The number of anilines is 1. The van der Waals surface area contributed by atoms with Crippen molar-refractivity contribution in [2.45, 2.75) is 47.5 Å². The molecule has 0 heterocycles. The van der Waals surface area contributed by atoms with E-state index in [-0.39, 0.29) is 0 Å². The van der Waals surface area contributed by atoms with Crippen molar-refractivity contribution in [3.8, 4) is 0 Å². The molecule has 0 fully saturated rings. The molecule has 0 spiro atoms. The molecule has 0 aliphatic carbocycles. The first-order chi connectivity index (χ1) is 10.0. The summed E-state index contributed by atoms with van der Waals surface area (Å²) in [4.78, 5) is 4.80. The minimum atomic E-state index is 0.822. The first-order valence-electron chi connectivity index (χ1n) is 8.46. The molecule has 0 unspecified atom stereocenters. The van der Waals surface area contributed by atoms with Gasteiger partial charge >= 0.3 is 0 Å². The second-order valence-corrected chi connectivity index (χ2v) is 6.05. The van der Waals surface area contributed by atoms with Gasteiger partial charge in [0.1, 0.15) is 0 Å². The maximum atomic E-state index is 2.44. The third-order valence-corrected chi connectivity index (χ3v) is 3.67. The fraction of sp³-hybridized carbons (Fsp3) is 0.684. The first-order valence-corrected chi connectivity index (χ1v) is 8.46. The Morgan fingerprint density at radius 1 is 0.952 bits per heavy atom. The van der Waals surface area contributed by atoms with Crippen LogP contribution in [0.4, 0.5) is 5.69 Å². The lowest BCUT2D eigenvalue weighted by Crippen LogP contribution is -2.31.